The van der Waals surface area contributed by atoms with Crippen molar-refractivity contribution in [2.45, 2.75) is 31.2 Å². The molecule has 0 aromatic carbocycles. The molecule has 0 aliphatic carbocycles. The highest BCUT2D eigenvalue weighted by atomic mass is 16.4. The number of carboxylic acids is 1. The molecule has 0 aromatic heterocycles. The highest BCUT2D eigenvalue weighted by Crippen LogP contribution is 1.96. The Labute approximate surface area is 137 Å². The molecule has 0 aliphatic heterocycles. The second-order valence-electron chi connectivity index (χ2n) is 4.87. The van der Waals surface area contributed by atoms with Gasteiger partial charge >= 0.3 is 5.97 Å². The van der Waals surface area contributed by atoms with Crippen molar-refractivity contribution in [3.8, 4) is 0 Å². The third-order valence-corrected chi connectivity index (χ3v) is 2.83. The average Bonchev–Trinajstić information content (AvgIpc) is 2.53. The predicted octanol–water partition coefficient (Wildman–Crippen LogP) is -5.15. The fourth-order valence-corrected chi connectivity index (χ4v) is 1.49. The highest BCUT2D eigenvalue weighted by molar-refractivity contribution is 5.94. The van der Waals surface area contributed by atoms with Gasteiger partial charge in [0.1, 0.15) is 24.7 Å². The maximum Gasteiger partial charge on any atom is 0.322 e. The number of hydrogen-bond donors (Lipinski definition) is 8. The molecular formula is C12H22N4O8. The Hall–Kier alpha value is -2.28. The summed E-state index contributed by atoms with van der Waals surface area (Å²) in [5.41, 5.74) is 5.25. The third-order valence-electron chi connectivity index (χ3n) is 2.83. The minimum absolute atomic E-state index is 0.681. The number of carboxylic acid groups (broad SMARTS) is 1. The lowest BCUT2D eigenvalue weighted by molar-refractivity contribution is -0.139. The van der Waals surface area contributed by atoms with Gasteiger partial charge in [0.2, 0.25) is 17.7 Å². The maximum absolute atomic E-state index is 12.0. The standard InChI is InChI=1S/C12H22N4O8/c1-5(19)9(12(24)14-2-8(20)21)16-11(23)7(4-18)15-10(22)6(13)3-17/h5-7,9,17-19H,2-4,13H2,1H3,(H,14,24)(H,15,22)(H,16,23)(H,20,21). The van der Waals surface area contributed by atoms with E-state index in [9.17, 15) is 24.3 Å². The molecule has 4 unspecified atom stereocenters. The second kappa shape index (κ2) is 10.5. The van der Waals surface area contributed by atoms with Gasteiger partial charge in [-0.3, -0.25) is 19.2 Å². The van der Waals surface area contributed by atoms with E-state index in [0.717, 1.165) is 0 Å². The minimum Gasteiger partial charge on any atom is -0.480 e. The van der Waals surface area contributed by atoms with Gasteiger partial charge in [0, 0.05) is 0 Å². The first-order valence-electron chi connectivity index (χ1n) is 6.89. The molecule has 0 rings (SSSR count). The summed E-state index contributed by atoms with van der Waals surface area (Å²) in [6.45, 7) is -1.05. The number of aliphatic carboxylic acids is 1. The molecular weight excluding hydrogens is 328 g/mol. The molecule has 12 nitrogen and oxygen atoms in total. The van der Waals surface area contributed by atoms with Crippen LogP contribution in [-0.2, 0) is 19.2 Å². The van der Waals surface area contributed by atoms with Crippen LogP contribution in [0.4, 0.5) is 0 Å². The molecule has 0 aliphatic rings. The van der Waals surface area contributed by atoms with Gasteiger partial charge in [-0.05, 0) is 6.92 Å². The monoisotopic (exact) mass is 350 g/mol. The Morgan fingerprint density at radius 3 is 2.00 bits per heavy atom. The van der Waals surface area contributed by atoms with Gasteiger partial charge in [-0.2, -0.15) is 0 Å². The van der Waals surface area contributed by atoms with E-state index in [2.05, 4.69) is 10.6 Å². The Kier molecular flexibility index (Phi) is 9.49. The van der Waals surface area contributed by atoms with Gasteiger partial charge < -0.3 is 42.1 Å². The highest BCUT2D eigenvalue weighted by Gasteiger charge is 2.30. The number of aliphatic hydroxyl groups excluding tert-OH is 3. The first-order chi connectivity index (χ1) is 11.1. The van der Waals surface area contributed by atoms with Gasteiger partial charge in [0.25, 0.3) is 0 Å². The summed E-state index contributed by atoms with van der Waals surface area (Å²) >= 11 is 0. The van der Waals surface area contributed by atoms with Crippen molar-refractivity contribution < 1.29 is 39.6 Å². The molecule has 24 heavy (non-hydrogen) atoms. The predicted molar refractivity (Wildman–Crippen MR) is 78.3 cm³/mol. The molecule has 3 amide bonds. The summed E-state index contributed by atoms with van der Waals surface area (Å²) in [5.74, 6) is -4.20. The molecule has 0 fully saturated rings. The summed E-state index contributed by atoms with van der Waals surface area (Å²) in [6, 6.07) is -4.30. The smallest absolute Gasteiger partial charge is 0.322 e. The van der Waals surface area contributed by atoms with Crippen molar-refractivity contribution in [2.24, 2.45) is 5.73 Å². The molecule has 0 aromatic rings. The molecule has 0 bridgehead atoms. The molecule has 4 atom stereocenters. The first-order valence-corrected chi connectivity index (χ1v) is 6.89. The van der Waals surface area contributed by atoms with Gasteiger partial charge in [-0.15, -0.1) is 0 Å². The van der Waals surface area contributed by atoms with Gasteiger partial charge in [-0.1, -0.05) is 0 Å². The Balaban J connectivity index is 4.87. The van der Waals surface area contributed by atoms with Crippen LogP contribution >= 0.6 is 0 Å². The summed E-state index contributed by atoms with van der Waals surface area (Å²) in [5, 5.41) is 42.0. The van der Waals surface area contributed by atoms with Gasteiger partial charge in [0.05, 0.1) is 19.3 Å². The SMILES string of the molecule is CC(O)C(NC(=O)C(CO)NC(=O)C(N)CO)C(=O)NCC(=O)O. The Morgan fingerprint density at radius 1 is 1.00 bits per heavy atom. The zero-order chi connectivity index (χ0) is 18.9. The van der Waals surface area contributed by atoms with Crippen molar-refractivity contribution in [2.75, 3.05) is 19.8 Å². The molecule has 0 spiro atoms. The van der Waals surface area contributed by atoms with E-state index < -0.39 is 67.7 Å². The minimum atomic E-state index is -1.51. The molecule has 138 valence electrons. The van der Waals surface area contributed by atoms with Crippen molar-refractivity contribution in [3.05, 3.63) is 0 Å². The van der Waals surface area contributed by atoms with E-state index in [1.807, 2.05) is 5.32 Å². The normalized spacial score (nSPS) is 15.5. The van der Waals surface area contributed by atoms with E-state index >= 15 is 0 Å². The van der Waals surface area contributed by atoms with E-state index in [-0.39, 0.29) is 0 Å². The Morgan fingerprint density at radius 2 is 1.58 bits per heavy atom. The van der Waals surface area contributed by atoms with Crippen LogP contribution in [0.5, 0.6) is 0 Å². The van der Waals surface area contributed by atoms with E-state index in [4.69, 9.17) is 21.1 Å². The summed E-state index contributed by atoms with van der Waals surface area (Å²) in [7, 11) is 0. The zero-order valence-electron chi connectivity index (χ0n) is 12.9. The number of carbonyl (C=O) groups excluding carboxylic acids is 3. The topological polar surface area (TPSA) is 211 Å². The van der Waals surface area contributed by atoms with Crippen molar-refractivity contribution >= 4 is 23.7 Å². The lowest BCUT2D eigenvalue weighted by Crippen LogP contribution is -2.59. The molecule has 0 saturated carbocycles. The molecule has 0 radical (unpaired) electrons. The fraction of sp³-hybridized carbons (Fsp3) is 0.667. The lowest BCUT2D eigenvalue weighted by atomic mass is 10.1. The van der Waals surface area contributed by atoms with Crippen molar-refractivity contribution in [1.82, 2.24) is 16.0 Å². The number of carbonyl (C=O) groups is 4. The van der Waals surface area contributed by atoms with Crippen molar-refractivity contribution in [3.63, 3.8) is 0 Å². The quantitative estimate of drug-likeness (QED) is 0.189. The summed E-state index contributed by atoms with van der Waals surface area (Å²) < 4.78 is 0. The van der Waals surface area contributed by atoms with Crippen LogP contribution in [0.1, 0.15) is 6.92 Å². The van der Waals surface area contributed by atoms with E-state index in [1.54, 1.807) is 0 Å². The molecule has 9 N–H and O–H groups in total. The summed E-state index contributed by atoms with van der Waals surface area (Å²) in [6.07, 6.45) is -1.38. The number of nitrogens with one attached hydrogen (secondary N) is 3. The van der Waals surface area contributed by atoms with Crippen LogP contribution in [0, 0.1) is 0 Å². The first kappa shape index (κ1) is 21.7. The number of rotatable bonds is 10. The average molecular weight is 350 g/mol. The number of aliphatic hydroxyl groups is 3. The molecule has 0 heterocycles. The van der Waals surface area contributed by atoms with Crippen LogP contribution in [0.25, 0.3) is 0 Å². The fourth-order valence-electron chi connectivity index (χ4n) is 1.49. The van der Waals surface area contributed by atoms with E-state index in [1.165, 1.54) is 6.92 Å². The van der Waals surface area contributed by atoms with Crippen LogP contribution in [-0.4, -0.2) is 88.1 Å². The maximum atomic E-state index is 12.0. The lowest BCUT2D eigenvalue weighted by Gasteiger charge is -2.24. The number of nitrogens with two attached hydrogens (primary N) is 1. The van der Waals surface area contributed by atoms with E-state index in [0.29, 0.717) is 0 Å². The second-order valence-corrected chi connectivity index (χ2v) is 4.87. The zero-order valence-corrected chi connectivity index (χ0v) is 12.9. The third kappa shape index (κ3) is 7.32. The number of amides is 3. The van der Waals surface area contributed by atoms with Crippen LogP contribution in [0.15, 0.2) is 0 Å². The number of hydrogen-bond acceptors (Lipinski definition) is 8. The molecule has 12 heteroatoms. The van der Waals surface area contributed by atoms with Gasteiger partial charge in [-0.25, -0.2) is 0 Å². The Bertz CT molecular complexity index is 470. The summed E-state index contributed by atoms with van der Waals surface area (Å²) in [4.78, 5) is 45.6. The van der Waals surface area contributed by atoms with Crippen LogP contribution in [0.3, 0.4) is 0 Å². The largest absolute Gasteiger partial charge is 0.480 e. The van der Waals surface area contributed by atoms with Crippen LogP contribution < -0.4 is 21.7 Å². The van der Waals surface area contributed by atoms with Crippen molar-refractivity contribution in [1.29, 1.82) is 0 Å². The van der Waals surface area contributed by atoms with Crippen LogP contribution in [0.2, 0.25) is 0 Å². The molecule has 0 saturated heterocycles. The van der Waals surface area contributed by atoms with Gasteiger partial charge in [0.15, 0.2) is 0 Å².